The molecule has 120 valence electrons. The Hall–Kier alpha value is -3.22. The molecule has 1 heterocycles. The summed E-state index contributed by atoms with van der Waals surface area (Å²) in [6.45, 7) is 0. The molecule has 0 aliphatic heterocycles. The number of nitrogens with zero attached hydrogens (tertiary/aromatic N) is 3. The van der Waals surface area contributed by atoms with E-state index in [1.165, 1.54) is 11.1 Å². The van der Waals surface area contributed by atoms with Crippen molar-refractivity contribution in [1.82, 2.24) is 25.9 Å². The van der Waals surface area contributed by atoms with Gasteiger partial charge in [0.05, 0.1) is 5.69 Å². The van der Waals surface area contributed by atoms with Crippen molar-refractivity contribution in [3.8, 4) is 11.4 Å². The first-order valence-corrected chi connectivity index (χ1v) is 7.77. The van der Waals surface area contributed by atoms with E-state index in [1.54, 1.807) is 0 Å². The molecule has 3 N–H and O–H groups in total. The summed E-state index contributed by atoms with van der Waals surface area (Å²) < 4.78 is 0. The number of aromatic nitrogens is 4. The molecule has 0 unspecified atom stereocenters. The second kappa shape index (κ2) is 6.11. The largest absolute Gasteiger partial charge is 0.334 e. The summed E-state index contributed by atoms with van der Waals surface area (Å²) in [5.41, 5.74) is 3.97. The average molecular weight is 320 g/mol. The van der Waals surface area contributed by atoms with Gasteiger partial charge in [0.2, 0.25) is 5.82 Å². The van der Waals surface area contributed by atoms with E-state index in [2.05, 4.69) is 43.4 Å². The Morgan fingerprint density at radius 2 is 1.75 bits per heavy atom. The number of tetrazole rings is 1. The van der Waals surface area contributed by atoms with E-state index < -0.39 is 0 Å². The lowest BCUT2D eigenvalue weighted by Crippen LogP contribution is -2.38. The van der Waals surface area contributed by atoms with Gasteiger partial charge in [0, 0.05) is 11.6 Å². The minimum absolute atomic E-state index is 0.111. The topological polar surface area (TPSA) is 95.6 Å². The van der Waals surface area contributed by atoms with E-state index in [4.69, 9.17) is 0 Å². The van der Waals surface area contributed by atoms with Crippen molar-refractivity contribution in [3.63, 3.8) is 0 Å². The van der Waals surface area contributed by atoms with E-state index in [9.17, 15) is 4.79 Å². The molecule has 7 heteroatoms. The molecule has 2 aromatic carbocycles. The lowest BCUT2D eigenvalue weighted by atomic mass is 10.1. The zero-order valence-electron chi connectivity index (χ0n) is 12.9. The van der Waals surface area contributed by atoms with E-state index in [0.29, 0.717) is 11.5 Å². The molecule has 2 amide bonds. The van der Waals surface area contributed by atoms with E-state index in [-0.39, 0.29) is 12.1 Å². The summed E-state index contributed by atoms with van der Waals surface area (Å²) in [6, 6.07) is 15.5. The first kappa shape index (κ1) is 14.4. The highest BCUT2D eigenvalue weighted by atomic mass is 16.2. The Bertz CT molecular complexity index is 836. The summed E-state index contributed by atoms with van der Waals surface area (Å²) in [5, 5.41) is 19.8. The highest BCUT2D eigenvalue weighted by molar-refractivity contribution is 5.93. The van der Waals surface area contributed by atoms with Gasteiger partial charge in [-0.2, -0.15) is 5.21 Å². The van der Waals surface area contributed by atoms with Crippen LogP contribution in [0.4, 0.5) is 10.5 Å². The number of hydrogen-bond donors (Lipinski definition) is 3. The van der Waals surface area contributed by atoms with Crippen LogP contribution in [0, 0.1) is 0 Å². The van der Waals surface area contributed by atoms with E-state index in [1.807, 2.05) is 36.4 Å². The number of nitrogens with one attached hydrogen (secondary N) is 3. The average Bonchev–Trinajstić information content (AvgIpc) is 3.24. The molecule has 0 saturated carbocycles. The van der Waals surface area contributed by atoms with Crippen molar-refractivity contribution in [3.05, 3.63) is 59.7 Å². The van der Waals surface area contributed by atoms with Crippen molar-refractivity contribution in [2.75, 3.05) is 5.32 Å². The second-order valence-electron chi connectivity index (χ2n) is 5.75. The van der Waals surface area contributed by atoms with Crippen LogP contribution >= 0.6 is 0 Å². The number of aromatic amines is 1. The van der Waals surface area contributed by atoms with Gasteiger partial charge in [-0.25, -0.2) is 4.79 Å². The van der Waals surface area contributed by atoms with Crippen LogP contribution in [0.2, 0.25) is 0 Å². The number of urea groups is 1. The number of hydrogen-bond acceptors (Lipinski definition) is 4. The Morgan fingerprint density at radius 1 is 1.04 bits per heavy atom. The number of H-pyrrole nitrogens is 1. The number of carbonyl (C=O) groups excluding carboxylic acids is 1. The van der Waals surface area contributed by atoms with Crippen LogP contribution in [0.1, 0.15) is 11.1 Å². The Labute approximate surface area is 138 Å². The van der Waals surface area contributed by atoms with Crippen LogP contribution in [0.15, 0.2) is 48.5 Å². The van der Waals surface area contributed by atoms with Gasteiger partial charge < -0.3 is 10.6 Å². The van der Waals surface area contributed by atoms with E-state index >= 15 is 0 Å². The first-order valence-electron chi connectivity index (χ1n) is 7.77. The number of benzene rings is 2. The molecular formula is C17H16N6O. The van der Waals surface area contributed by atoms with Gasteiger partial charge in [-0.15, -0.1) is 10.2 Å². The first-order chi connectivity index (χ1) is 11.8. The van der Waals surface area contributed by atoms with Crippen LogP contribution in [-0.4, -0.2) is 32.7 Å². The van der Waals surface area contributed by atoms with Gasteiger partial charge in [-0.1, -0.05) is 36.4 Å². The fraction of sp³-hybridized carbons (Fsp3) is 0.176. The molecule has 1 aliphatic rings. The van der Waals surface area contributed by atoms with Crippen LogP contribution in [0.5, 0.6) is 0 Å². The maximum absolute atomic E-state index is 12.4. The van der Waals surface area contributed by atoms with Gasteiger partial charge in [0.25, 0.3) is 0 Å². The predicted molar refractivity (Wildman–Crippen MR) is 89.4 cm³/mol. The molecule has 0 radical (unpaired) electrons. The van der Waals surface area contributed by atoms with Gasteiger partial charge in [-0.3, -0.25) is 0 Å². The monoisotopic (exact) mass is 320 g/mol. The third-order valence-electron chi connectivity index (χ3n) is 4.15. The van der Waals surface area contributed by atoms with Crippen molar-refractivity contribution in [2.45, 2.75) is 18.9 Å². The number of anilines is 1. The summed E-state index contributed by atoms with van der Waals surface area (Å²) in [6.07, 6.45) is 1.71. The van der Waals surface area contributed by atoms with Gasteiger partial charge in [0.15, 0.2) is 0 Å². The fourth-order valence-corrected chi connectivity index (χ4v) is 3.07. The number of rotatable bonds is 3. The molecule has 4 rings (SSSR count). The standard InChI is InChI=1S/C17H16N6O/c24-17(18-13-9-11-5-1-2-6-12(11)10-13)19-15-8-4-3-7-14(15)16-20-22-23-21-16/h1-8,13H,9-10H2,(H2,18,19,24)(H,20,21,22,23). The highest BCUT2D eigenvalue weighted by Crippen LogP contribution is 2.24. The van der Waals surface area contributed by atoms with Crippen molar-refractivity contribution in [1.29, 1.82) is 0 Å². The molecule has 24 heavy (non-hydrogen) atoms. The highest BCUT2D eigenvalue weighted by Gasteiger charge is 2.22. The third-order valence-corrected chi connectivity index (χ3v) is 4.15. The molecule has 0 fully saturated rings. The zero-order valence-corrected chi connectivity index (χ0v) is 12.9. The molecule has 0 saturated heterocycles. The van der Waals surface area contributed by atoms with Gasteiger partial charge >= 0.3 is 6.03 Å². The summed E-state index contributed by atoms with van der Waals surface area (Å²) >= 11 is 0. The quantitative estimate of drug-likeness (QED) is 0.689. The molecule has 0 spiro atoms. The third kappa shape index (κ3) is 2.83. The summed E-state index contributed by atoms with van der Waals surface area (Å²) in [7, 11) is 0. The van der Waals surface area contributed by atoms with Gasteiger partial charge in [-0.05, 0) is 41.3 Å². The molecule has 1 aliphatic carbocycles. The van der Waals surface area contributed by atoms with E-state index in [0.717, 1.165) is 18.4 Å². The van der Waals surface area contributed by atoms with Crippen LogP contribution in [-0.2, 0) is 12.8 Å². The minimum Gasteiger partial charge on any atom is -0.334 e. The zero-order chi connectivity index (χ0) is 16.4. The fourth-order valence-electron chi connectivity index (χ4n) is 3.07. The molecule has 1 aromatic heterocycles. The summed E-state index contributed by atoms with van der Waals surface area (Å²) in [5.74, 6) is 0.444. The Kier molecular flexibility index (Phi) is 3.66. The normalized spacial score (nSPS) is 13.5. The number of amides is 2. The molecule has 7 nitrogen and oxygen atoms in total. The molecule has 0 atom stereocenters. The number of carbonyl (C=O) groups is 1. The van der Waals surface area contributed by atoms with Gasteiger partial charge in [0.1, 0.15) is 0 Å². The summed E-state index contributed by atoms with van der Waals surface area (Å²) in [4.78, 5) is 12.4. The van der Waals surface area contributed by atoms with Crippen molar-refractivity contribution in [2.24, 2.45) is 0 Å². The Balaban J connectivity index is 1.45. The lowest BCUT2D eigenvalue weighted by Gasteiger charge is -2.14. The SMILES string of the molecule is O=C(Nc1ccccc1-c1nn[nH]n1)NC1Cc2ccccc2C1. The molecule has 3 aromatic rings. The maximum Gasteiger partial charge on any atom is 0.319 e. The number of fused-ring (bicyclic) bond motifs is 1. The van der Waals surface area contributed by atoms with Crippen molar-refractivity contribution >= 4 is 11.7 Å². The predicted octanol–water partition coefficient (Wildman–Crippen LogP) is 2.16. The maximum atomic E-state index is 12.4. The van der Waals surface area contributed by atoms with Crippen LogP contribution in [0.25, 0.3) is 11.4 Å². The second-order valence-corrected chi connectivity index (χ2v) is 5.75. The molecule has 0 bridgehead atoms. The minimum atomic E-state index is -0.233. The van der Waals surface area contributed by atoms with Crippen LogP contribution in [0.3, 0.4) is 0 Å². The smallest absolute Gasteiger partial charge is 0.319 e. The van der Waals surface area contributed by atoms with Crippen LogP contribution < -0.4 is 10.6 Å². The number of para-hydroxylation sites is 1. The van der Waals surface area contributed by atoms with Crippen molar-refractivity contribution < 1.29 is 4.79 Å². The molecular weight excluding hydrogens is 304 g/mol. The lowest BCUT2D eigenvalue weighted by molar-refractivity contribution is 0.249. The Morgan fingerprint density at radius 3 is 2.46 bits per heavy atom.